The van der Waals surface area contributed by atoms with Crippen LogP contribution in [-0.2, 0) is 27.3 Å². The second-order valence-corrected chi connectivity index (χ2v) is 17.9. The minimum atomic E-state index is -0.618. The van der Waals surface area contributed by atoms with Gasteiger partial charge in [0.15, 0.2) is 0 Å². The summed E-state index contributed by atoms with van der Waals surface area (Å²) >= 11 is 0. The van der Waals surface area contributed by atoms with E-state index in [9.17, 15) is 14.4 Å². The summed E-state index contributed by atoms with van der Waals surface area (Å²) in [6, 6.07) is -1.01. The Morgan fingerprint density at radius 3 is 2.09 bits per heavy atom. The standard InChI is InChI=1S/C46H66N8O4/c1-27(2)24-53(44(55)41(47-8)28(3)4)26-40-49-36-20-19-35(22-37(36)50-40)33-13-11-31(12-14-33)32-15-17-34(18-16-32)38-23-48-43(51-38)39-21-30(7)25-54(39)45(56)42(29(5)6)52(9)46(57)58-10/h11,13,15,17,22-23,27-30,39,41-42,47H,12,14,16,18-21,24-26H2,1-10H3,(H,48,51)(H,49,50). The third-order valence-corrected chi connectivity index (χ3v) is 12.2. The number of aromatic nitrogens is 4. The number of allylic oxidation sites excluding steroid dienone is 9. The van der Waals surface area contributed by atoms with Crippen LogP contribution in [0, 0.1) is 23.7 Å². The Morgan fingerprint density at radius 1 is 0.897 bits per heavy atom. The normalized spacial score (nSPS) is 20.6. The lowest BCUT2D eigenvalue weighted by molar-refractivity contribution is -0.139. The van der Waals surface area contributed by atoms with E-state index >= 15 is 0 Å². The SMILES string of the molecule is CNC(C(=O)N(Cc1nc2c([nH]1)CCC(C1=CC=C(C3=CC=C(c4cnc(C5CC(C)CN5C(=O)C(C(C)C)N(C)C(=O)OC)[nH]4)CC3)CC1)=C2)CC(C)C)C(C)C. The summed E-state index contributed by atoms with van der Waals surface area (Å²) in [5.41, 5.74) is 9.87. The number of H-pyrrole nitrogens is 2. The molecule has 4 unspecified atom stereocenters. The van der Waals surface area contributed by atoms with Crippen molar-refractivity contribution in [2.24, 2.45) is 23.7 Å². The summed E-state index contributed by atoms with van der Waals surface area (Å²) < 4.78 is 4.94. The number of fused-ring (bicyclic) bond motifs is 1. The molecule has 3 heterocycles. The highest BCUT2D eigenvalue weighted by atomic mass is 16.5. The molecule has 1 aliphatic heterocycles. The molecule has 314 valence electrons. The Bertz CT molecular complexity index is 1990. The molecule has 0 aromatic carbocycles. The molecule has 3 aliphatic carbocycles. The molecule has 12 heteroatoms. The number of carbonyl (C=O) groups excluding carboxylic acids is 3. The minimum Gasteiger partial charge on any atom is -0.453 e. The van der Waals surface area contributed by atoms with E-state index in [-0.39, 0.29) is 35.7 Å². The van der Waals surface area contributed by atoms with E-state index in [2.05, 4.69) is 80.3 Å². The van der Waals surface area contributed by atoms with Crippen LogP contribution in [-0.4, -0.2) is 98.9 Å². The van der Waals surface area contributed by atoms with Gasteiger partial charge in [0, 0.05) is 25.8 Å². The van der Waals surface area contributed by atoms with Crippen LogP contribution in [0.3, 0.4) is 0 Å². The fourth-order valence-corrected chi connectivity index (χ4v) is 9.25. The first-order chi connectivity index (χ1) is 27.7. The summed E-state index contributed by atoms with van der Waals surface area (Å²) in [5.74, 6) is 2.50. The monoisotopic (exact) mass is 795 g/mol. The number of carbonyl (C=O) groups is 3. The second kappa shape index (κ2) is 18.5. The molecule has 12 nitrogen and oxygen atoms in total. The van der Waals surface area contributed by atoms with E-state index in [0.717, 1.165) is 73.7 Å². The van der Waals surface area contributed by atoms with E-state index in [4.69, 9.17) is 14.7 Å². The lowest BCUT2D eigenvalue weighted by Gasteiger charge is -2.34. The van der Waals surface area contributed by atoms with Crippen LogP contribution in [0.4, 0.5) is 4.79 Å². The van der Waals surface area contributed by atoms with Crippen molar-refractivity contribution in [2.75, 3.05) is 34.3 Å². The predicted molar refractivity (Wildman–Crippen MR) is 229 cm³/mol. The first kappa shape index (κ1) is 42.9. The van der Waals surface area contributed by atoms with Crippen molar-refractivity contribution in [1.82, 2.24) is 40.0 Å². The highest BCUT2D eigenvalue weighted by molar-refractivity contribution is 5.86. The molecule has 2 aromatic rings. The number of hydrogen-bond acceptors (Lipinski definition) is 7. The van der Waals surface area contributed by atoms with Gasteiger partial charge >= 0.3 is 6.09 Å². The molecule has 4 atom stereocenters. The van der Waals surface area contributed by atoms with Crippen molar-refractivity contribution < 1.29 is 19.1 Å². The van der Waals surface area contributed by atoms with Crippen molar-refractivity contribution in [3.05, 3.63) is 81.5 Å². The summed E-state index contributed by atoms with van der Waals surface area (Å²) in [6.45, 7) is 16.3. The largest absolute Gasteiger partial charge is 0.453 e. The van der Waals surface area contributed by atoms with Gasteiger partial charge in [-0.15, -0.1) is 0 Å². The number of amides is 3. The van der Waals surface area contributed by atoms with Gasteiger partial charge in [0.1, 0.15) is 17.7 Å². The predicted octanol–water partition coefficient (Wildman–Crippen LogP) is 7.77. The number of nitrogens with one attached hydrogen (secondary N) is 3. The smallest absolute Gasteiger partial charge is 0.409 e. The Hall–Kier alpha value is -4.71. The van der Waals surface area contributed by atoms with Crippen LogP contribution in [0.2, 0.25) is 0 Å². The summed E-state index contributed by atoms with van der Waals surface area (Å²) in [5, 5.41) is 3.22. The number of hydrogen-bond donors (Lipinski definition) is 3. The molecule has 0 spiro atoms. The Morgan fingerprint density at radius 2 is 1.52 bits per heavy atom. The maximum absolute atomic E-state index is 13.9. The van der Waals surface area contributed by atoms with E-state index in [1.54, 1.807) is 7.05 Å². The van der Waals surface area contributed by atoms with E-state index in [1.807, 2.05) is 36.9 Å². The quantitative estimate of drug-likeness (QED) is 0.178. The number of rotatable bonds is 14. The van der Waals surface area contributed by atoms with Crippen LogP contribution >= 0.6 is 0 Å². The number of likely N-dealkylation sites (N-methyl/N-ethyl adjacent to an activating group) is 2. The van der Waals surface area contributed by atoms with E-state index in [0.29, 0.717) is 31.5 Å². The number of ether oxygens (including phenoxy) is 1. The minimum absolute atomic E-state index is 0.0733. The van der Waals surface area contributed by atoms with Crippen LogP contribution in [0.25, 0.3) is 11.6 Å². The van der Waals surface area contributed by atoms with Crippen molar-refractivity contribution in [1.29, 1.82) is 0 Å². The highest BCUT2D eigenvalue weighted by Crippen LogP contribution is 2.39. The fourth-order valence-electron chi connectivity index (χ4n) is 9.25. The molecule has 6 rings (SSSR count). The van der Waals surface area contributed by atoms with Gasteiger partial charge < -0.3 is 29.8 Å². The lowest BCUT2D eigenvalue weighted by atomic mass is 9.83. The van der Waals surface area contributed by atoms with Crippen molar-refractivity contribution in [3.63, 3.8) is 0 Å². The molecule has 0 radical (unpaired) electrons. The molecular weight excluding hydrogens is 729 g/mol. The van der Waals surface area contributed by atoms with Gasteiger partial charge in [0.05, 0.1) is 43.3 Å². The van der Waals surface area contributed by atoms with Crippen LogP contribution in [0.1, 0.15) is 122 Å². The number of likely N-dealkylation sites (tertiary alicyclic amines) is 1. The van der Waals surface area contributed by atoms with Crippen molar-refractivity contribution >= 4 is 29.6 Å². The molecule has 1 fully saturated rings. The summed E-state index contributed by atoms with van der Waals surface area (Å²) in [4.78, 5) is 62.0. The third-order valence-electron chi connectivity index (χ3n) is 12.2. The Balaban J connectivity index is 1.11. The zero-order chi connectivity index (χ0) is 41.8. The van der Waals surface area contributed by atoms with Crippen LogP contribution in [0.5, 0.6) is 0 Å². The van der Waals surface area contributed by atoms with Crippen molar-refractivity contribution in [3.8, 4) is 0 Å². The van der Waals surface area contributed by atoms with Crippen LogP contribution < -0.4 is 5.32 Å². The second-order valence-electron chi connectivity index (χ2n) is 17.9. The van der Waals surface area contributed by atoms with E-state index < -0.39 is 12.1 Å². The van der Waals surface area contributed by atoms with Gasteiger partial charge in [0.2, 0.25) is 11.8 Å². The van der Waals surface area contributed by atoms with Gasteiger partial charge in [-0.25, -0.2) is 14.8 Å². The maximum atomic E-state index is 13.9. The molecule has 3 N–H and O–H groups in total. The third kappa shape index (κ3) is 9.43. The first-order valence-corrected chi connectivity index (χ1v) is 21.4. The molecule has 1 saturated heterocycles. The number of methoxy groups -OCH3 is 1. The fraction of sp³-hybridized carbons (Fsp3) is 0.587. The topological polar surface area (TPSA) is 140 Å². The molecule has 58 heavy (non-hydrogen) atoms. The zero-order valence-corrected chi connectivity index (χ0v) is 36.4. The Kier molecular flexibility index (Phi) is 13.7. The average molecular weight is 795 g/mol. The average Bonchev–Trinajstić information content (AvgIpc) is 3.95. The number of imidazole rings is 2. The maximum Gasteiger partial charge on any atom is 0.409 e. The summed E-state index contributed by atoms with van der Waals surface area (Å²) in [7, 11) is 4.83. The van der Waals surface area contributed by atoms with E-state index in [1.165, 1.54) is 39.9 Å². The zero-order valence-electron chi connectivity index (χ0n) is 36.4. The number of aryl methyl sites for hydroxylation is 1. The highest BCUT2D eigenvalue weighted by Gasteiger charge is 2.42. The molecule has 2 aromatic heterocycles. The molecule has 0 bridgehead atoms. The van der Waals surface area contributed by atoms with Crippen LogP contribution in [0.15, 0.2) is 52.8 Å². The van der Waals surface area contributed by atoms with Gasteiger partial charge in [-0.3, -0.25) is 14.5 Å². The van der Waals surface area contributed by atoms with Gasteiger partial charge in [-0.2, -0.15) is 0 Å². The van der Waals surface area contributed by atoms with Gasteiger partial charge in [-0.1, -0.05) is 72.8 Å². The molecule has 0 saturated carbocycles. The van der Waals surface area contributed by atoms with Crippen molar-refractivity contribution in [2.45, 2.75) is 118 Å². The lowest BCUT2D eigenvalue weighted by Crippen LogP contribution is -2.52. The van der Waals surface area contributed by atoms with Gasteiger partial charge in [-0.05, 0) is 110 Å². The first-order valence-electron chi connectivity index (χ1n) is 21.4. The molecule has 4 aliphatic rings. The number of aromatic amines is 2. The molecular formula is C46H66N8O4. The Labute approximate surface area is 345 Å². The van der Waals surface area contributed by atoms with Gasteiger partial charge in [0.25, 0.3) is 0 Å². The number of nitrogens with zero attached hydrogens (tertiary/aromatic N) is 5. The summed E-state index contributed by atoms with van der Waals surface area (Å²) in [6.07, 6.45) is 19.3. The molecule has 3 amide bonds.